The molecule has 0 bridgehead atoms. The summed E-state index contributed by atoms with van der Waals surface area (Å²) in [5.74, 6) is -0.231. The Labute approximate surface area is 189 Å². The van der Waals surface area contributed by atoms with Crippen LogP contribution in [0.25, 0.3) is 0 Å². The van der Waals surface area contributed by atoms with Crippen molar-refractivity contribution >= 4 is 52.7 Å². The Morgan fingerprint density at radius 1 is 1.29 bits per heavy atom. The van der Waals surface area contributed by atoms with E-state index in [4.69, 9.17) is 21.7 Å². The van der Waals surface area contributed by atoms with Crippen LogP contribution >= 0.6 is 22.9 Å². The number of ether oxygens (including phenoxy) is 1. The summed E-state index contributed by atoms with van der Waals surface area (Å²) in [5, 5.41) is 13.6. The second-order valence-corrected chi connectivity index (χ2v) is 9.22. The van der Waals surface area contributed by atoms with Gasteiger partial charge in [-0.3, -0.25) is 15.1 Å². The van der Waals surface area contributed by atoms with Crippen molar-refractivity contribution in [2.45, 2.75) is 25.0 Å². The SMILES string of the molecule is N=CN(CCNc1ccc(N2CC(CNC(=O)c3ccc(Cl)s3)OC2=O)cc1)C1CC1. The van der Waals surface area contributed by atoms with E-state index < -0.39 is 12.2 Å². The first kappa shape index (κ1) is 21.5. The molecule has 2 aliphatic rings. The highest BCUT2D eigenvalue weighted by Gasteiger charge is 2.32. The summed E-state index contributed by atoms with van der Waals surface area (Å²) in [4.78, 5) is 28.5. The lowest BCUT2D eigenvalue weighted by atomic mass is 10.2. The number of cyclic esters (lactones) is 1. The molecule has 10 heteroatoms. The van der Waals surface area contributed by atoms with Crippen molar-refractivity contribution < 1.29 is 14.3 Å². The van der Waals surface area contributed by atoms with Crippen LogP contribution < -0.4 is 15.5 Å². The monoisotopic (exact) mass is 461 g/mol. The Morgan fingerprint density at radius 2 is 2.06 bits per heavy atom. The van der Waals surface area contributed by atoms with Gasteiger partial charge in [0.15, 0.2) is 0 Å². The van der Waals surface area contributed by atoms with Crippen LogP contribution in [0.3, 0.4) is 0 Å². The molecule has 0 radical (unpaired) electrons. The Kier molecular flexibility index (Phi) is 6.62. The molecule has 31 heavy (non-hydrogen) atoms. The first-order chi connectivity index (χ1) is 15.0. The summed E-state index contributed by atoms with van der Waals surface area (Å²) < 4.78 is 5.94. The maximum atomic E-state index is 12.3. The number of thiophene rings is 1. The van der Waals surface area contributed by atoms with Gasteiger partial charge in [-0.25, -0.2) is 4.79 Å². The Morgan fingerprint density at radius 3 is 2.71 bits per heavy atom. The van der Waals surface area contributed by atoms with Gasteiger partial charge in [-0.1, -0.05) is 11.6 Å². The van der Waals surface area contributed by atoms with Crippen molar-refractivity contribution in [3.63, 3.8) is 0 Å². The largest absolute Gasteiger partial charge is 0.442 e. The minimum Gasteiger partial charge on any atom is -0.442 e. The zero-order valence-corrected chi connectivity index (χ0v) is 18.4. The van der Waals surface area contributed by atoms with E-state index in [1.807, 2.05) is 29.2 Å². The van der Waals surface area contributed by atoms with Crippen LogP contribution in [-0.4, -0.2) is 61.6 Å². The fourth-order valence-electron chi connectivity index (χ4n) is 3.42. The maximum absolute atomic E-state index is 12.3. The van der Waals surface area contributed by atoms with Crippen molar-refractivity contribution in [2.24, 2.45) is 0 Å². The lowest BCUT2D eigenvalue weighted by Crippen LogP contribution is -2.34. The molecule has 1 aromatic carbocycles. The molecule has 4 rings (SSSR count). The van der Waals surface area contributed by atoms with E-state index in [2.05, 4.69) is 10.6 Å². The molecule has 1 saturated heterocycles. The second-order valence-electron chi connectivity index (χ2n) is 7.50. The highest BCUT2D eigenvalue weighted by molar-refractivity contribution is 7.18. The molecule has 164 valence electrons. The first-order valence-electron chi connectivity index (χ1n) is 10.2. The molecule has 3 N–H and O–H groups in total. The lowest BCUT2D eigenvalue weighted by Gasteiger charge is -2.19. The molecule has 1 unspecified atom stereocenters. The van der Waals surface area contributed by atoms with E-state index in [1.54, 1.807) is 17.0 Å². The fraction of sp³-hybridized carbons (Fsp3) is 0.381. The molecule has 1 aromatic heterocycles. The maximum Gasteiger partial charge on any atom is 0.414 e. The normalized spacial score (nSPS) is 17.9. The summed E-state index contributed by atoms with van der Waals surface area (Å²) in [5.41, 5.74) is 1.70. The Hall–Kier alpha value is -2.78. The zero-order valence-electron chi connectivity index (χ0n) is 16.8. The summed E-state index contributed by atoms with van der Waals surface area (Å²) in [6.45, 7) is 2.14. The molecule has 8 nitrogen and oxygen atoms in total. The van der Waals surface area contributed by atoms with E-state index in [0.29, 0.717) is 21.8 Å². The third-order valence-electron chi connectivity index (χ3n) is 5.22. The van der Waals surface area contributed by atoms with E-state index in [0.717, 1.165) is 24.5 Å². The molecular weight excluding hydrogens is 438 g/mol. The minimum atomic E-state index is -0.426. The van der Waals surface area contributed by atoms with Gasteiger partial charge in [0.1, 0.15) is 6.10 Å². The van der Waals surface area contributed by atoms with E-state index in [1.165, 1.54) is 30.5 Å². The third kappa shape index (κ3) is 5.48. The molecule has 2 fully saturated rings. The smallest absolute Gasteiger partial charge is 0.414 e. The molecule has 1 atom stereocenters. The summed E-state index contributed by atoms with van der Waals surface area (Å²) in [6.07, 6.45) is 2.91. The third-order valence-corrected chi connectivity index (χ3v) is 6.45. The van der Waals surface area contributed by atoms with Gasteiger partial charge >= 0.3 is 6.09 Å². The number of hydrogen-bond acceptors (Lipinski definition) is 6. The highest BCUT2D eigenvalue weighted by Crippen LogP contribution is 2.26. The number of hydrogen-bond donors (Lipinski definition) is 3. The summed E-state index contributed by atoms with van der Waals surface area (Å²) in [6, 6.07) is 11.5. The molecule has 0 spiro atoms. The van der Waals surface area contributed by atoms with Crippen molar-refractivity contribution in [3.05, 3.63) is 45.6 Å². The highest BCUT2D eigenvalue weighted by atomic mass is 35.5. The van der Waals surface area contributed by atoms with Gasteiger partial charge < -0.3 is 20.3 Å². The first-order valence-corrected chi connectivity index (χ1v) is 11.3. The van der Waals surface area contributed by atoms with Gasteiger partial charge in [0, 0.05) is 30.5 Å². The predicted octanol–water partition coefficient (Wildman–Crippen LogP) is 3.64. The van der Waals surface area contributed by atoms with Crippen LogP contribution in [0.2, 0.25) is 4.34 Å². The predicted molar refractivity (Wildman–Crippen MR) is 123 cm³/mol. The van der Waals surface area contributed by atoms with Crippen LogP contribution in [0.15, 0.2) is 36.4 Å². The van der Waals surface area contributed by atoms with Gasteiger partial charge in [0.2, 0.25) is 0 Å². The van der Waals surface area contributed by atoms with E-state index in [-0.39, 0.29) is 12.5 Å². The van der Waals surface area contributed by atoms with Gasteiger partial charge in [0.25, 0.3) is 5.91 Å². The van der Waals surface area contributed by atoms with Gasteiger partial charge in [0.05, 0.1) is 28.6 Å². The van der Waals surface area contributed by atoms with Crippen molar-refractivity contribution in [3.8, 4) is 0 Å². The van der Waals surface area contributed by atoms with Crippen LogP contribution in [0.1, 0.15) is 22.5 Å². The lowest BCUT2D eigenvalue weighted by molar-refractivity contribution is 0.0920. The average molecular weight is 462 g/mol. The van der Waals surface area contributed by atoms with Gasteiger partial charge in [-0.05, 0) is 49.2 Å². The molecule has 1 aliphatic heterocycles. The molecule has 1 aliphatic carbocycles. The molecule has 2 amide bonds. The summed E-state index contributed by atoms with van der Waals surface area (Å²) >= 11 is 7.07. The van der Waals surface area contributed by atoms with Gasteiger partial charge in [-0.15, -0.1) is 11.3 Å². The molecule has 2 aromatic rings. The summed E-state index contributed by atoms with van der Waals surface area (Å²) in [7, 11) is 0. The number of carbonyl (C=O) groups excluding carboxylic acids is 2. The molecular formula is C21H24ClN5O3S. The van der Waals surface area contributed by atoms with E-state index in [9.17, 15) is 9.59 Å². The Bertz CT molecular complexity index is 947. The van der Waals surface area contributed by atoms with Crippen molar-refractivity contribution in [1.29, 1.82) is 5.41 Å². The second kappa shape index (κ2) is 9.57. The van der Waals surface area contributed by atoms with Crippen molar-refractivity contribution in [1.82, 2.24) is 10.2 Å². The topological polar surface area (TPSA) is 97.8 Å². The van der Waals surface area contributed by atoms with Crippen LogP contribution in [-0.2, 0) is 4.74 Å². The zero-order chi connectivity index (χ0) is 21.8. The van der Waals surface area contributed by atoms with Gasteiger partial charge in [-0.2, -0.15) is 0 Å². The quantitative estimate of drug-likeness (QED) is 0.370. The fourth-order valence-corrected chi connectivity index (χ4v) is 4.38. The number of halogens is 1. The number of nitrogens with one attached hydrogen (secondary N) is 3. The number of nitrogens with zero attached hydrogens (tertiary/aromatic N) is 2. The molecule has 2 heterocycles. The van der Waals surface area contributed by atoms with Crippen molar-refractivity contribution in [2.75, 3.05) is 36.4 Å². The van der Waals surface area contributed by atoms with Crippen LogP contribution in [0.4, 0.5) is 16.2 Å². The minimum absolute atomic E-state index is 0.231. The Balaban J connectivity index is 1.24. The van der Waals surface area contributed by atoms with Crippen LogP contribution in [0, 0.1) is 5.41 Å². The van der Waals surface area contributed by atoms with E-state index >= 15 is 0 Å². The number of anilines is 2. The number of carbonyl (C=O) groups is 2. The molecule has 1 saturated carbocycles. The average Bonchev–Trinajstić information content (AvgIpc) is 3.41. The number of benzene rings is 1. The number of rotatable bonds is 10. The standard InChI is InChI=1S/C21H24ClN5O3S/c22-19-8-7-18(31-19)20(28)25-11-17-12-27(21(29)30-17)16-3-1-14(2-4-16)24-9-10-26(13-23)15-5-6-15/h1-4,7-8,13,15,17,23-24H,5-6,9-12H2,(H,25,28). The van der Waals surface area contributed by atoms with Crippen LogP contribution in [0.5, 0.6) is 0 Å². The number of amides is 2.